The van der Waals surface area contributed by atoms with Crippen LogP contribution in [0.4, 0.5) is 0 Å². The van der Waals surface area contributed by atoms with E-state index in [1.165, 1.54) is 19.1 Å². The molecule has 3 atom stereocenters. The van der Waals surface area contributed by atoms with Crippen LogP contribution in [0.1, 0.15) is 36.5 Å². The minimum absolute atomic E-state index is 0.103. The van der Waals surface area contributed by atoms with E-state index in [0.29, 0.717) is 12.8 Å². The number of benzene rings is 5. The number of piperidine rings is 1. The van der Waals surface area contributed by atoms with Crippen LogP contribution in [0.5, 0.6) is 5.75 Å². The number of carbonyl (C=O) groups excluding carboxylic acids is 4. The maximum Gasteiger partial charge on any atom is 0.243 e. The van der Waals surface area contributed by atoms with Crippen molar-refractivity contribution in [1.82, 2.24) is 21.3 Å². The summed E-state index contributed by atoms with van der Waals surface area (Å²) in [6.07, 6.45) is 1.97. The van der Waals surface area contributed by atoms with Crippen molar-refractivity contribution in [2.45, 2.75) is 57.2 Å². The number of fused-ring (bicyclic) bond motifs is 2. The van der Waals surface area contributed by atoms with Gasteiger partial charge in [0.05, 0.1) is 6.04 Å². The fourth-order valence-corrected chi connectivity index (χ4v) is 6.70. The standard InChI is InChI=1S/C42H44N4O5/c1-27(47)37(24-28-12-16-36(48)17-13-28)44-41(50)39(26-30-11-15-32-7-3-5-9-35(32)23-30)46-42(51)38(45-40(49)33-18-20-43-21-19-33)25-29-10-14-31-6-2-4-8-34(31)22-29/h2-17,22-23,33,37-39,43,48H,18-21,24-26H2,1H3,(H,44,50)(H,45,49)(H,46,51). The Kier molecular flexibility index (Phi) is 11.4. The number of phenolic OH excluding ortho intramolecular Hbond substituents is 1. The summed E-state index contributed by atoms with van der Waals surface area (Å²) in [6, 6.07) is 31.4. The second kappa shape index (κ2) is 16.4. The molecule has 5 N–H and O–H groups in total. The number of nitrogens with one attached hydrogen (secondary N) is 4. The van der Waals surface area contributed by atoms with E-state index < -0.39 is 29.9 Å². The molecule has 262 valence electrons. The van der Waals surface area contributed by atoms with E-state index in [4.69, 9.17) is 0 Å². The molecular formula is C42H44N4O5. The van der Waals surface area contributed by atoms with Crippen LogP contribution in [-0.4, -0.2) is 59.8 Å². The van der Waals surface area contributed by atoms with Gasteiger partial charge in [-0.25, -0.2) is 0 Å². The lowest BCUT2D eigenvalue weighted by Crippen LogP contribution is -2.57. The summed E-state index contributed by atoms with van der Waals surface area (Å²) in [5.41, 5.74) is 2.47. The normalized spacial score (nSPS) is 15.1. The molecule has 0 aromatic heterocycles. The topological polar surface area (TPSA) is 137 Å². The van der Waals surface area contributed by atoms with Crippen LogP contribution >= 0.6 is 0 Å². The molecule has 9 nitrogen and oxygen atoms in total. The summed E-state index contributed by atoms with van der Waals surface area (Å²) in [6.45, 7) is 2.88. The molecule has 3 amide bonds. The molecule has 5 aromatic rings. The van der Waals surface area contributed by atoms with E-state index in [9.17, 15) is 24.3 Å². The highest BCUT2D eigenvalue weighted by molar-refractivity contribution is 5.95. The summed E-state index contributed by atoms with van der Waals surface area (Å²) in [5.74, 6) is -1.53. The molecule has 1 fully saturated rings. The average molecular weight is 685 g/mol. The second-order valence-electron chi connectivity index (χ2n) is 13.5. The van der Waals surface area contributed by atoms with Crippen LogP contribution in [0, 0.1) is 5.92 Å². The Morgan fingerprint density at radius 1 is 0.608 bits per heavy atom. The van der Waals surface area contributed by atoms with Crippen LogP contribution in [0.3, 0.4) is 0 Å². The van der Waals surface area contributed by atoms with Crippen molar-refractivity contribution in [2.75, 3.05) is 13.1 Å². The van der Waals surface area contributed by atoms with Gasteiger partial charge < -0.3 is 26.4 Å². The van der Waals surface area contributed by atoms with Crippen LogP contribution in [0.25, 0.3) is 21.5 Å². The smallest absolute Gasteiger partial charge is 0.243 e. The summed E-state index contributed by atoms with van der Waals surface area (Å²) in [7, 11) is 0. The largest absolute Gasteiger partial charge is 0.508 e. The maximum atomic E-state index is 14.3. The Bertz CT molecular complexity index is 2020. The molecule has 0 spiro atoms. The first-order valence-electron chi connectivity index (χ1n) is 17.6. The second-order valence-corrected chi connectivity index (χ2v) is 13.5. The Balaban J connectivity index is 1.27. The Hall–Kier alpha value is -5.54. The number of amides is 3. The highest BCUT2D eigenvalue weighted by atomic mass is 16.3. The van der Waals surface area contributed by atoms with Gasteiger partial charge in [-0.05, 0) is 89.6 Å². The number of Topliss-reactive ketones (excluding diaryl/α,β-unsaturated/α-hetero) is 1. The van der Waals surface area contributed by atoms with Crippen molar-refractivity contribution < 1.29 is 24.3 Å². The number of carbonyl (C=O) groups is 4. The third kappa shape index (κ3) is 9.38. The zero-order valence-electron chi connectivity index (χ0n) is 28.7. The predicted molar refractivity (Wildman–Crippen MR) is 199 cm³/mol. The number of aromatic hydroxyl groups is 1. The van der Waals surface area contributed by atoms with Crippen molar-refractivity contribution in [3.8, 4) is 5.75 Å². The zero-order chi connectivity index (χ0) is 35.7. The fraction of sp³-hybridized carbons (Fsp3) is 0.286. The molecule has 5 aromatic carbocycles. The Morgan fingerprint density at radius 3 is 1.59 bits per heavy atom. The van der Waals surface area contributed by atoms with Crippen molar-refractivity contribution in [2.24, 2.45) is 5.92 Å². The summed E-state index contributed by atoms with van der Waals surface area (Å²) >= 11 is 0. The van der Waals surface area contributed by atoms with Crippen LogP contribution < -0.4 is 21.3 Å². The van der Waals surface area contributed by atoms with E-state index in [1.807, 2.05) is 84.9 Å². The molecule has 9 heteroatoms. The lowest BCUT2D eigenvalue weighted by Gasteiger charge is -2.27. The molecule has 0 saturated carbocycles. The minimum Gasteiger partial charge on any atom is -0.508 e. The van der Waals surface area contributed by atoms with Crippen molar-refractivity contribution in [3.63, 3.8) is 0 Å². The van der Waals surface area contributed by atoms with E-state index >= 15 is 0 Å². The minimum atomic E-state index is -1.05. The molecule has 51 heavy (non-hydrogen) atoms. The Morgan fingerprint density at radius 2 is 1.06 bits per heavy atom. The lowest BCUT2D eigenvalue weighted by atomic mass is 9.95. The van der Waals surface area contributed by atoms with Crippen molar-refractivity contribution in [3.05, 3.63) is 126 Å². The molecule has 3 unspecified atom stereocenters. The molecular weight excluding hydrogens is 640 g/mol. The molecule has 1 heterocycles. The summed E-state index contributed by atoms with van der Waals surface area (Å²) < 4.78 is 0. The molecule has 0 radical (unpaired) electrons. The SMILES string of the molecule is CC(=O)C(Cc1ccc(O)cc1)NC(=O)C(Cc1ccc2ccccc2c1)NC(=O)C(Cc1ccc2ccccc2c1)NC(=O)C1CCNCC1. The number of ketones is 1. The van der Waals surface area contributed by atoms with E-state index in [-0.39, 0.29) is 42.6 Å². The van der Waals surface area contributed by atoms with Crippen LogP contribution in [0.15, 0.2) is 109 Å². The van der Waals surface area contributed by atoms with E-state index in [1.54, 1.807) is 12.1 Å². The molecule has 1 saturated heterocycles. The third-order valence-corrected chi connectivity index (χ3v) is 9.67. The van der Waals surface area contributed by atoms with Gasteiger partial charge in [0, 0.05) is 18.8 Å². The third-order valence-electron chi connectivity index (χ3n) is 9.67. The van der Waals surface area contributed by atoms with Gasteiger partial charge >= 0.3 is 0 Å². The maximum absolute atomic E-state index is 14.3. The molecule has 6 rings (SSSR count). The first-order valence-corrected chi connectivity index (χ1v) is 17.6. The predicted octanol–water partition coefficient (Wildman–Crippen LogP) is 4.77. The highest BCUT2D eigenvalue weighted by Gasteiger charge is 2.31. The molecule has 0 aliphatic carbocycles. The average Bonchev–Trinajstić information content (AvgIpc) is 3.15. The first-order chi connectivity index (χ1) is 24.7. The Labute approximate surface area is 297 Å². The van der Waals surface area contributed by atoms with E-state index in [0.717, 1.165) is 51.3 Å². The molecule has 1 aliphatic rings. The van der Waals surface area contributed by atoms with Gasteiger partial charge in [-0.3, -0.25) is 19.2 Å². The quantitative estimate of drug-likeness (QED) is 0.121. The number of hydrogen-bond acceptors (Lipinski definition) is 6. The number of hydrogen-bond donors (Lipinski definition) is 5. The van der Waals surface area contributed by atoms with Gasteiger partial charge in [0.1, 0.15) is 17.8 Å². The molecule has 1 aliphatic heterocycles. The fourth-order valence-electron chi connectivity index (χ4n) is 6.70. The first kappa shape index (κ1) is 35.3. The number of rotatable bonds is 13. The summed E-state index contributed by atoms with van der Waals surface area (Å²) in [5, 5.41) is 26.0. The summed E-state index contributed by atoms with van der Waals surface area (Å²) in [4.78, 5) is 54.7. The van der Waals surface area contributed by atoms with Crippen LogP contribution in [0.2, 0.25) is 0 Å². The van der Waals surface area contributed by atoms with Gasteiger partial charge in [-0.15, -0.1) is 0 Å². The van der Waals surface area contributed by atoms with Crippen molar-refractivity contribution in [1.29, 1.82) is 0 Å². The molecule has 0 bridgehead atoms. The van der Waals surface area contributed by atoms with Crippen molar-refractivity contribution >= 4 is 45.0 Å². The van der Waals surface area contributed by atoms with Gasteiger partial charge in [-0.2, -0.15) is 0 Å². The van der Waals surface area contributed by atoms with Gasteiger partial charge in [0.15, 0.2) is 5.78 Å². The highest BCUT2D eigenvalue weighted by Crippen LogP contribution is 2.20. The lowest BCUT2D eigenvalue weighted by molar-refractivity contribution is -0.134. The van der Waals surface area contributed by atoms with Crippen LogP contribution in [-0.2, 0) is 38.4 Å². The monoisotopic (exact) mass is 684 g/mol. The van der Waals surface area contributed by atoms with E-state index in [2.05, 4.69) is 21.3 Å². The van der Waals surface area contributed by atoms with Gasteiger partial charge in [0.2, 0.25) is 17.7 Å². The van der Waals surface area contributed by atoms with Gasteiger partial charge in [-0.1, -0.05) is 97.1 Å². The van der Waals surface area contributed by atoms with Gasteiger partial charge in [0.25, 0.3) is 0 Å². The number of phenols is 1. The zero-order valence-corrected chi connectivity index (χ0v) is 28.7.